The molecule has 2 atom stereocenters. The van der Waals surface area contributed by atoms with Crippen LogP contribution in [0.2, 0.25) is 0 Å². The fraction of sp³-hybridized carbons (Fsp3) is 0.423. The first-order valence-corrected chi connectivity index (χ1v) is 11.7. The number of carboxylic acids is 1. The standard InChI is InChI=1S/C26H28F2N2O5/c27-23(28)13-22(25(33)30-11-5-6-16(14-30)12-24(31)32)29-26(34)35-15-21-19-9-3-1-7-17(19)18-8-2-4-10-20(18)21/h1-4,7-10,16,21-23H,5-6,11-15H2,(H,29,34)(H,31,32). The Morgan fingerprint density at radius 3 is 2.29 bits per heavy atom. The molecule has 1 heterocycles. The lowest BCUT2D eigenvalue weighted by atomic mass is 9.94. The quantitative estimate of drug-likeness (QED) is 0.581. The van der Waals surface area contributed by atoms with Crippen molar-refractivity contribution in [1.82, 2.24) is 10.2 Å². The van der Waals surface area contributed by atoms with E-state index >= 15 is 0 Å². The number of carboxylic acid groups (broad SMARTS) is 1. The summed E-state index contributed by atoms with van der Waals surface area (Å²) in [5.74, 6) is -2.05. The molecule has 186 valence electrons. The van der Waals surface area contributed by atoms with E-state index in [4.69, 9.17) is 9.84 Å². The molecular formula is C26H28F2N2O5. The van der Waals surface area contributed by atoms with Crippen LogP contribution in [-0.4, -0.2) is 60.1 Å². The largest absolute Gasteiger partial charge is 0.481 e. The van der Waals surface area contributed by atoms with Crippen molar-refractivity contribution in [3.8, 4) is 11.1 Å². The average Bonchev–Trinajstić information content (AvgIpc) is 3.15. The van der Waals surface area contributed by atoms with Crippen LogP contribution in [0.5, 0.6) is 0 Å². The third kappa shape index (κ3) is 5.78. The zero-order valence-electron chi connectivity index (χ0n) is 19.2. The minimum absolute atomic E-state index is 0.000150. The number of nitrogens with zero attached hydrogens (tertiary/aromatic N) is 1. The second-order valence-corrected chi connectivity index (χ2v) is 9.04. The van der Waals surface area contributed by atoms with Crippen LogP contribution in [0.15, 0.2) is 48.5 Å². The first kappa shape index (κ1) is 24.6. The Bertz CT molecular complexity index is 1050. The van der Waals surface area contributed by atoms with E-state index in [0.29, 0.717) is 19.4 Å². The second-order valence-electron chi connectivity index (χ2n) is 9.04. The average molecular weight is 487 g/mol. The fourth-order valence-electron chi connectivity index (χ4n) is 5.08. The maximum atomic E-state index is 13.2. The van der Waals surface area contributed by atoms with Crippen LogP contribution < -0.4 is 5.32 Å². The van der Waals surface area contributed by atoms with Gasteiger partial charge in [0, 0.05) is 31.8 Å². The summed E-state index contributed by atoms with van der Waals surface area (Å²) in [5, 5.41) is 11.4. The van der Waals surface area contributed by atoms with E-state index in [2.05, 4.69) is 5.32 Å². The van der Waals surface area contributed by atoms with Gasteiger partial charge in [0.2, 0.25) is 12.3 Å². The molecule has 1 aliphatic heterocycles. The fourth-order valence-corrected chi connectivity index (χ4v) is 5.08. The number of hydrogen-bond acceptors (Lipinski definition) is 4. The Balaban J connectivity index is 1.40. The number of piperidine rings is 1. The van der Waals surface area contributed by atoms with Crippen LogP contribution in [0.25, 0.3) is 11.1 Å². The summed E-state index contributed by atoms with van der Waals surface area (Å²) in [4.78, 5) is 37.9. The third-order valence-corrected chi connectivity index (χ3v) is 6.64. The topological polar surface area (TPSA) is 95.9 Å². The third-order valence-electron chi connectivity index (χ3n) is 6.64. The molecule has 0 spiro atoms. The molecule has 2 amide bonds. The molecule has 0 radical (unpaired) electrons. The van der Waals surface area contributed by atoms with E-state index in [1.165, 1.54) is 4.90 Å². The molecule has 0 aromatic heterocycles. The number of carbonyl (C=O) groups excluding carboxylic acids is 2. The molecular weight excluding hydrogens is 458 g/mol. The molecule has 2 aromatic carbocycles. The molecule has 1 saturated heterocycles. The molecule has 35 heavy (non-hydrogen) atoms. The van der Waals surface area contributed by atoms with Gasteiger partial charge in [-0.2, -0.15) is 0 Å². The number of rotatable bonds is 8. The minimum atomic E-state index is -2.81. The van der Waals surface area contributed by atoms with E-state index in [0.717, 1.165) is 22.3 Å². The first-order chi connectivity index (χ1) is 16.8. The lowest BCUT2D eigenvalue weighted by Gasteiger charge is -2.34. The predicted molar refractivity (Wildman–Crippen MR) is 124 cm³/mol. The summed E-state index contributed by atoms with van der Waals surface area (Å²) >= 11 is 0. The molecule has 4 rings (SSSR count). The number of alkyl carbamates (subject to hydrolysis) is 1. The number of likely N-dealkylation sites (tertiary alicyclic amines) is 1. The highest BCUT2D eigenvalue weighted by atomic mass is 19.3. The summed E-state index contributed by atoms with van der Waals surface area (Å²) in [6.07, 6.45) is -3.46. The van der Waals surface area contributed by atoms with E-state index in [1.807, 2.05) is 48.5 Å². The van der Waals surface area contributed by atoms with Gasteiger partial charge in [-0.05, 0) is 41.0 Å². The van der Waals surface area contributed by atoms with Gasteiger partial charge in [0.15, 0.2) is 0 Å². The summed E-state index contributed by atoms with van der Waals surface area (Å²) in [6, 6.07) is 14.2. The van der Waals surface area contributed by atoms with Crippen LogP contribution in [0.3, 0.4) is 0 Å². The number of alkyl halides is 2. The molecule has 2 N–H and O–H groups in total. The SMILES string of the molecule is O=C(O)CC1CCCN(C(=O)C(CC(F)F)NC(=O)OCC2c3ccccc3-c3ccccc32)C1. The minimum Gasteiger partial charge on any atom is -0.481 e. The van der Waals surface area contributed by atoms with Crippen molar-refractivity contribution in [2.75, 3.05) is 19.7 Å². The summed E-state index contributed by atoms with van der Waals surface area (Å²) in [5.41, 5.74) is 4.15. The van der Waals surface area contributed by atoms with Crippen molar-refractivity contribution in [2.45, 2.75) is 44.1 Å². The Morgan fingerprint density at radius 2 is 1.69 bits per heavy atom. The van der Waals surface area contributed by atoms with Crippen molar-refractivity contribution < 1.29 is 33.0 Å². The number of fused-ring (bicyclic) bond motifs is 3. The number of carbonyl (C=O) groups is 3. The van der Waals surface area contributed by atoms with Gasteiger partial charge in [-0.15, -0.1) is 0 Å². The van der Waals surface area contributed by atoms with E-state index in [1.54, 1.807) is 0 Å². The van der Waals surface area contributed by atoms with Crippen molar-refractivity contribution in [3.05, 3.63) is 59.7 Å². The summed E-state index contributed by atoms with van der Waals surface area (Å²) in [7, 11) is 0. The Kier molecular flexibility index (Phi) is 7.63. The normalized spacial score (nSPS) is 18.0. The molecule has 2 aromatic rings. The van der Waals surface area contributed by atoms with Crippen LogP contribution >= 0.6 is 0 Å². The lowest BCUT2D eigenvalue weighted by molar-refractivity contribution is -0.141. The van der Waals surface area contributed by atoms with Gasteiger partial charge in [0.25, 0.3) is 0 Å². The second kappa shape index (κ2) is 10.8. The van der Waals surface area contributed by atoms with E-state index in [9.17, 15) is 23.2 Å². The number of nitrogens with one attached hydrogen (secondary N) is 1. The number of benzene rings is 2. The van der Waals surface area contributed by atoms with Gasteiger partial charge in [-0.3, -0.25) is 9.59 Å². The smallest absolute Gasteiger partial charge is 0.407 e. The van der Waals surface area contributed by atoms with Gasteiger partial charge < -0.3 is 20.1 Å². The molecule has 1 fully saturated rings. The first-order valence-electron chi connectivity index (χ1n) is 11.7. The van der Waals surface area contributed by atoms with Gasteiger partial charge in [-0.25, -0.2) is 13.6 Å². The van der Waals surface area contributed by atoms with E-state index < -0.39 is 36.9 Å². The Morgan fingerprint density at radius 1 is 1.06 bits per heavy atom. The van der Waals surface area contributed by atoms with Gasteiger partial charge in [0.1, 0.15) is 12.6 Å². The molecule has 1 aliphatic carbocycles. The van der Waals surface area contributed by atoms with Gasteiger partial charge >= 0.3 is 12.1 Å². The number of aliphatic carboxylic acids is 1. The zero-order valence-corrected chi connectivity index (χ0v) is 19.2. The van der Waals surface area contributed by atoms with Crippen LogP contribution in [0, 0.1) is 5.92 Å². The highest BCUT2D eigenvalue weighted by Gasteiger charge is 2.34. The number of ether oxygens (including phenoxy) is 1. The number of hydrogen-bond donors (Lipinski definition) is 2. The zero-order chi connectivity index (χ0) is 24.9. The van der Waals surface area contributed by atoms with E-state index in [-0.39, 0.29) is 31.4 Å². The molecule has 7 nitrogen and oxygen atoms in total. The molecule has 9 heteroatoms. The van der Waals surface area contributed by atoms with Gasteiger partial charge in [-0.1, -0.05) is 48.5 Å². The monoisotopic (exact) mass is 486 g/mol. The Labute approximate surface area is 202 Å². The molecule has 2 aliphatic rings. The van der Waals surface area contributed by atoms with Crippen molar-refractivity contribution in [1.29, 1.82) is 0 Å². The van der Waals surface area contributed by atoms with Crippen LogP contribution in [-0.2, 0) is 14.3 Å². The highest BCUT2D eigenvalue weighted by molar-refractivity contribution is 5.86. The highest BCUT2D eigenvalue weighted by Crippen LogP contribution is 2.44. The Hall–Kier alpha value is -3.49. The molecule has 0 bridgehead atoms. The van der Waals surface area contributed by atoms with Crippen molar-refractivity contribution >= 4 is 18.0 Å². The summed E-state index contributed by atoms with van der Waals surface area (Å²) in [6.45, 7) is 0.498. The van der Waals surface area contributed by atoms with Crippen LogP contribution in [0.1, 0.15) is 42.7 Å². The van der Waals surface area contributed by atoms with Crippen molar-refractivity contribution in [2.24, 2.45) is 5.92 Å². The number of halogens is 2. The van der Waals surface area contributed by atoms with Crippen LogP contribution in [0.4, 0.5) is 13.6 Å². The predicted octanol–water partition coefficient (Wildman–Crippen LogP) is 4.26. The molecule has 0 saturated carbocycles. The number of amides is 2. The van der Waals surface area contributed by atoms with Crippen molar-refractivity contribution in [3.63, 3.8) is 0 Å². The molecule has 2 unspecified atom stereocenters. The lowest BCUT2D eigenvalue weighted by Crippen LogP contribution is -2.52. The van der Waals surface area contributed by atoms with Gasteiger partial charge in [0.05, 0.1) is 0 Å². The maximum Gasteiger partial charge on any atom is 0.407 e. The maximum absolute atomic E-state index is 13.2. The summed E-state index contributed by atoms with van der Waals surface area (Å²) < 4.78 is 31.9.